The number of methoxy groups -OCH3 is 1. The summed E-state index contributed by atoms with van der Waals surface area (Å²) >= 11 is 0. The summed E-state index contributed by atoms with van der Waals surface area (Å²) in [4.78, 5) is 22.6. The number of carbonyl (C=O) groups is 2. The Bertz CT molecular complexity index is 528. The molecule has 1 N–H and O–H groups in total. The molecule has 0 bridgehead atoms. The molecule has 0 saturated carbocycles. The zero-order valence-corrected chi connectivity index (χ0v) is 12.0. The molecule has 0 aliphatic heterocycles. The number of carbonyl (C=O) groups excluding carboxylic acids is 2. The van der Waals surface area contributed by atoms with Gasteiger partial charge >= 0.3 is 5.97 Å². The van der Waals surface area contributed by atoms with Gasteiger partial charge < -0.3 is 14.8 Å². The van der Waals surface area contributed by atoms with Crippen molar-refractivity contribution in [2.45, 2.75) is 13.3 Å². The Balaban J connectivity index is 2.43. The van der Waals surface area contributed by atoms with E-state index in [0.717, 1.165) is 0 Å². The van der Waals surface area contributed by atoms with Crippen molar-refractivity contribution in [3.05, 3.63) is 35.7 Å². The van der Waals surface area contributed by atoms with Crippen LogP contribution in [-0.4, -0.2) is 32.1 Å². The second kappa shape index (κ2) is 8.73. The maximum Gasteiger partial charge on any atom is 0.307 e. The largest absolute Gasteiger partial charge is 0.494 e. The van der Waals surface area contributed by atoms with Gasteiger partial charge in [-0.2, -0.15) is 0 Å². The first-order valence-electron chi connectivity index (χ1n) is 6.52. The lowest BCUT2D eigenvalue weighted by molar-refractivity contribution is -0.142. The monoisotopic (exact) mass is 295 g/mol. The van der Waals surface area contributed by atoms with E-state index in [4.69, 9.17) is 9.47 Å². The molecule has 0 radical (unpaired) electrons. The highest BCUT2D eigenvalue weighted by molar-refractivity contribution is 5.91. The zero-order valence-electron chi connectivity index (χ0n) is 12.0. The van der Waals surface area contributed by atoms with E-state index in [0.29, 0.717) is 12.2 Å². The molecular formula is C15H18FNO4. The predicted molar refractivity (Wildman–Crippen MR) is 76.2 cm³/mol. The van der Waals surface area contributed by atoms with E-state index in [-0.39, 0.29) is 30.6 Å². The standard InChI is InChI=1S/C15H18FNO4/c1-3-21-15(19)8-9-17-14(18)7-5-11-4-6-13(20-2)12(16)10-11/h4-7,10H,3,8-9H2,1-2H3,(H,17,18). The van der Waals surface area contributed by atoms with Gasteiger partial charge in [0.25, 0.3) is 0 Å². The van der Waals surface area contributed by atoms with Gasteiger partial charge in [0.15, 0.2) is 11.6 Å². The first-order valence-corrected chi connectivity index (χ1v) is 6.52. The molecule has 21 heavy (non-hydrogen) atoms. The second-order valence-corrected chi connectivity index (χ2v) is 4.07. The van der Waals surface area contributed by atoms with Gasteiger partial charge in [0.2, 0.25) is 5.91 Å². The molecule has 5 nitrogen and oxygen atoms in total. The summed E-state index contributed by atoms with van der Waals surface area (Å²) in [5.74, 6) is -1.08. The molecule has 0 aliphatic carbocycles. The Kier molecular flexibility index (Phi) is 6.94. The van der Waals surface area contributed by atoms with Gasteiger partial charge in [-0.15, -0.1) is 0 Å². The van der Waals surface area contributed by atoms with E-state index < -0.39 is 5.82 Å². The van der Waals surface area contributed by atoms with Gasteiger partial charge in [-0.1, -0.05) is 6.07 Å². The smallest absolute Gasteiger partial charge is 0.307 e. The lowest BCUT2D eigenvalue weighted by Crippen LogP contribution is -2.24. The van der Waals surface area contributed by atoms with E-state index >= 15 is 0 Å². The number of benzene rings is 1. The molecule has 0 unspecified atom stereocenters. The van der Waals surface area contributed by atoms with Crippen LogP contribution in [0.1, 0.15) is 18.9 Å². The van der Waals surface area contributed by atoms with Crippen LogP contribution in [0, 0.1) is 5.82 Å². The van der Waals surface area contributed by atoms with Gasteiger partial charge in [0.05, 0.1) is 20.1 Å². The molecule has 0 spiro atoms. The minimum atomic E-state index is -0.498. The van der Waals surface area contributed by atoms with E-state index in [1.54, 1.807) is 13.0 Å². The fraction of sp³-hybridized carbons (Fsp3) is 0.333. The summed E-state index contributed by atoms with van der Waals surface area (Å²) < 4.78 is 23.0. The van der Waals surface area contributed by atoms with E-state index in [2.05, 4.69) is 5.32 Å². The summed E-state index contributed by atoms with van der Waals surface area (Å²) in [7, 11) is 1.38. The molecule has 1 amide bonds. The summed E-state index contributed by atoms with van der Waals surface area (Å²) in [6.07, 6.45) is 2.86. The third-order valence-electron chi connectivity index (χ3n) is 2.54. The van der Waals surface area contributed by atoms with Crippen LogP contribution >= 0.6 is 0 Å². The van der Waals surface area contributed by atoms with Crippen molar-refractivity contribution in [1.82, 2.24) is 5.32 Å². The maximum absolute atomic E-state index is 13.4. The van der Waals surface area contributed by atoms with E-state index in [9.17, 15) is 14.0 Å². The quantitative estimate of drug-likeness (QED) is 0.616. The molecule has 114 valence electrons. The molecule has 1 rings (SSSR count). The van der Waals surface area contributed by atoms with Crippen molar-refractivity contribution in [3.8, 4) is 5.75 Å². The molecule has 0 heterocycles. The normalized spacial score (nSPS) is 10.4. The number of nitrogens with one attached hydrogen (secondary N) is 1. The zero-order chi connectivity index (χ0) is 15.7. The highest BCUT2D eigenvalue weighted by atomic mass is 19.1. The SMILES string of the molecule is CCOC(=O)CCNC(=O)C=Cc1ccc(OC)c(F)c1. The van der Waals surface area contributed by atoms with Crippen LogP contribution in [-0.2, 0) is 14.3 Å². The van der Waals surface area contributed by atoms with Crippen molar-refractivity contribution < 1.29 is 23.5 Å². The summed E-state index contributed by atoms with van der Waals surface area (Å²) in [5, 5.41) is 2.53. The molecule has 0 aromatic heterocycles. The van der Waals surface area contributed by atoms with Crippen LogP contribution in [0.2, 0.25) is 0 Å². The van der Waals surface area contributed by atoms with Crippen LogP contribution in [0.15, 0.2) is 24.3 Å². The van der Waals surface area contributed by atoms with Crippen LogP contribution < -0.4 is 10.1 Å². The number of ether oxygens (including phenoxy) is 2. The topological polar surface area (TPSA) is 64.6 Å². The summed E-state index contributed by atoms with van der Waals surface area (Å²) in [6.45, 7) is 2.22. The van der Waals surface area contributed by atoms with Gasteiger partial charge in [0, 0.05) is 12.6 Å². The minimum absolute atomic E-state index is 0.116. The summed E-state index contributed by atoms with van der Waals surface area (Å²) in [5.41, 5.74) is 0.536. The predicted octanol–water partition coefficient (Wildman–Crippen LogP) is 1.92. The molecular weight excluding hydrogens is 277 g/mol. The van der Waals surface area contributed by atoms with Gasteiger partial charge in [-0.25, -0.2) is 4.39 Å². The highest BCUT2D eigenvalue weighted by Crippen LogP contribution is 2.18. The number of rotatable bonds is 7. The Hall–Kier alpha value is -2.37. The average Bonchev–Trinajstić information content (AvgIpc) is 2.45. The number of amides is 1. The Morgan fingerprint density at radius 2 is 2.14 bits per heavy atom. The van der Waals surface area contributed by atoms with Crippen LogP contribution in [0.5, 0.6) is 5.75 Å². The van der Waals surface area contributed by atoms with Crippen molar-refractivity contribution in [1.29, 1.82) is 0 Å². The first kappa shape index (κ1) is 16.7. The number of hydrogen-bond donors (Lipinski definition) is 1. The molecule has 0 aliphatic rings. The van der Waals surface area contributed by atoms with Crippen molar-refractivity contribution in [2.75, 3.05) is 20.3 Å². The number of hydrogen-bond acceptors (Lipinski definition) is 4. The third kappa shape index (κ3) is 6.07. The molecule has 1 aromatic carbocycles. The fourth-order valence-electron chi connectivity index (χ4n) is 1.54. The van der Waals surface area contributed by atoms with Gasteiger partial charge in [0.1, 0.15) is 0 Å². The molecule has 6 heteroatoms. The lowest BCUT2D eigenvalue weighted by atomic mass is 10.2. The van der Waals surface area contributed by atoms with Crippen LogP contribution in [0.4, 0.5) is 4.39 Å². The van der Waals surface area contributed by atoms with Crippen molar-refractivity contribution in [2.24, 2.45) is 0 Å². The van der Waals surface area contributed by atoms with Crippen LogP contribution in [0.25, 0.3) is 6.08 Å². The van der Waals surface area contributed by atoms with E-state index in [1.165, 1.54) is 31.4 Å². The highest BCUT2D eigenvalue weighted by Gasteiger charge is 2.03. The Labute approximate surface area is 122 Å². The molecule has 1 aromatic rings. The minimum Gasteiger partial charge on any atom is -0.494 e. The van der Waals surface area contributed by atoms with Crippen molar-refractivity contribution in [3.63, 3.8) is 0 Å². The molecule has 0 saturated heterocycles. The van der Waals surface area contributed by atoms with Gasteiger partial charge in [-0.3, -0.25) is 9.59 Å². The summed E-state index contributed by atoms with van der Waals surface area (Å²) in [6, 6.07) is 4.37. The average molecular weight is 295 g/mol. The Morgan fingerprint density at radius 1 is 1.38 bits per heavy atom. The van der Waals surface area contributed by atoms with Crippen molar-refractivity contribution >= 4 is 18.0 Å². The Morgan fingerprint density at radius 3 is 2.76 bits per heavy atom. The lowest BCUT2D eigenvalue weighted by Gasteiger charge is -2.03. The van der Waals surface area contributed by atoms with E-state index in [1.807, 2.05) is 0 Å². The second-order valence-electron chi connectivity index (χ2n) is 4.07. The fourth-order valence-corrected chi connectivity index (χ4v) is 1.54. The first-order chi connectivity index (χ1) is 10.1. The maximum atomic E-state index is 13.4. The number of halogens is 1. The third-order valence-corrected chi connectivity index (χ3v) is 2.54. The number of esters is 1. The molecule has 0 atom stereocenters. The van der Waals surface area contributed by atoms with Crippen LogP contribution in [0.3, 0.4) is 0 Å². The van der Waals surface area contributed by atoms with Gasteiger partial charge in [-0.05, 0) is 30.7 Å². The molecule has 0 fully saturated rings.